The number of esters is 1. The van der Waals surface area contributed by atoms with Crippen LogP contribution in [0.2, 0.25) is 0 Å². The summed E-state index contributed by atoms with van der Waals surface area (Å²) in [6.45, 7) is 5.43. The molecule has 10 heteroatoms. The van der Waals surface area contributed by atoms with Crippen LogP contribution in [0.5, 0.6) is 5.75 Å². The first kappa shape index (κ1) is 29.5. The molecule has 0 saturated carbocycles. The molecule has 1 fully saturated rings. The topological polar surface area (TPSA) is 79.2 Å². The number of methoxy groups -OCH3 is 2. The molecular formula is C30H36F2N2O6. The van der Waals surface area contributed by atoms with Gasteiger partial charge in [-0.15, -0.1) is 0 Å². The molecule has 40 heavy (non-hydrogen) atoms. The number of hydrogen-bond donors (Lipinski definition) is 0. The van der Waals surface area contributed by atoms with Crippen molar-refractivity contribution in [1.82, 2.24) is 9.47 Å². The van der Waals surface area contributed by atoms with Crippen molar-refractivity contribution in [1.29, 1.82) is 0 Å². The number of fused-ring (bicyclic) bond motifs is 1. The highest BCUT2D eigenvalue weighted by molar-refractivity contribution is 5.95. The van der Waals surface area contributed by atoms with Gasteiger partial charge in [0, 0.05) is 36.3 Å². The highest BCUT2D eigenvalue weighted by atomic mass is 19.3. The Morgan fingerprint density at radius 1 is 1.10 bits per heavy atom. The summed E-state index contributed by atoms with van der Waals surface area (Å²) in [4.78, 5) is 27.1. The number of likely N-dealkylation sites (tertiary alicyclic amines) is 1. The fraction of sp³-hybridized carbons (Fsp3) is 0.467. The molecule has 0 spiro atoms. The Kier molecular flexibility index (Phi) is 8.80. The quantitative estimate of drug-likeness (QED) is 0.308. The molecule has 1 aliphatic rings. The van der Waals surface area contributed by atoms with Crippen LogP contribution in [0.25, 0.3) is 10.9 Å². The van der Waals surface area contributed by atoms with Crippen molar-refractivity contribution in [3.8, 4) is 5.75 Å². The van der Waals surface area contributed by atoms with E-state index in [1.807, 2.05) is 52.0 Å². The number of hydrogen-bond acceptors (Lipinski definition) is 7. The van der Waals surface area contributed by atoms with Crippen LogP contribution < -0.4 is 4.74 Å². The molecule has 1 aromatic heterocycles. The fourth-order valence-corrected chi connectivity index (χ4v) is 5.32. The maximum Gasteiger partial charge on any atom is 0.419 e. The summed E-state index contributed by atoms with van der Waals surface area (Å²) in [6.07, 6.45) is 1.38. The van der Waals surface area contributed by atoms with Gasteiger partial charge in [0.1, 0.15) is 11.4 Å². The predicted octanol–water partition coefficient (Wildman–Crippen LogP) is 6.47. The van der Waals surface area contributed by atoms with Crippen LogP contribution >= 0.6 is 0 Å². The zero-order valence-electron chi connectivity index (χ0n) is 23.7. The summed E-state index contributed by atoms with van der Waals surface area (Å²) in [5, 5.41) is 0.841. The lowest BCUT2D eigenvalue weighted by molar-refractivity contribution is -0.178. The van der Waals surface area contributed by atoms with Crippen LogP contribution in [0.1, 0.15) is 66.7 Å². The summed E-state index contributed by atoms with van der Waals surface area (Å²) in [6, 6.07) is 10.5. The molecular weight excluding hydrogens is 522 g/mol. The smallest absolute Gasteiger partial charge is 0.419 e. The zero-order valence-corrected chi connectivity index (χ0v) is 23.7. The highest BCUT2D eigenvalue weighted by Gasteiger charge is 2.33. The van der Waals surface area contributed by atoms with Crippen molar-refractivity contribution >= 4 is 23.0 Å². The Labute approximate surface area is 232 Å². The summed E-state index contributed by atoms with van der Waals surface area (Å²) in [7, 11) is 2.91. The van der Waals surface area contributed by atoms with Gasteiger partial charge in [0.05, 0.1) is 31.4 Å². The highest BCUT2D eigenvalue weighted by Crippen LogP contribution is 2.39. The molecule has 8 nitrogen and oxygen atoms in total. The zero-order chi connectivity index (χ0) is 29.2. The van der Waals surface area contributed by atoms with Gasteiger partial charge < -0.3 is 18.9 Å². The molecule has 0 N–H and O–H groups in total. The maximum absolute atomic E-state index is 13.1. The van der Waals surface area contributed by atoms with E-state index in [4.69, 9.17) is 18.9 Å². The number of alkyl halides is 2. The second-order valence-electron chi connectivity index (χ2n) is 10.9. The Morgan fingerprint density at radius 3 is 2.40 bits per heavy atom. The standard InChI is InChI=1S/C30H36F2N2O6/c1-18-15-25(37-5)23(22-12-14-34(26(18)22)29(36)40-30(2,3)4)17-33-13-11-21(39-28(31)32)16-24(33)19-7-9-20(10-8-19)27(35)38-6/h7-10,12,14-15,21,24,28H,11,13,16-17H2,1-6H3/t21-,24-/m1/s1. The minimum Gasteiger partial charge on any atom is -0.496 e. The predicted molar refractivity (Wildman–Crippen MR) is 146 cm³/mol. The molecule has 0 aliphatic carbocycles. The number of carbonyl (C=O) groups is 2. The minimum absolute atomic E-state index is 0.266. The molecule has 1 aliphatic heterocycles. The van der Waals surface area contributed by atoms with Gasteiger partial charge in [0.25, 0.3) is 0 Å². The van der Waals surface area contributed by atoms with E-state index < -0.39 is 30.4 Å². The third kappa shape index (κ3) is 6.45. The molecule has 0 bridgehead atoms. The molecule has 2 aromatic carbocycles. The van der Waals surface area contributed by atoms with E-state index >= 15 is 0 Å². The van der Waals surface area contributed by atoms with E-state index in [1.165, 1.54) is 11.7 Å². The van der Waals surface area contributed by atoms with Crippen LogP contribution in [0.15, 0.2) is 42.6 Å². The van der Waals surface area contributed by atoms with E-state index in [2.05, 4.69) is 4.90 Å². The Balaban J connectivity index is 1.72. The van der Waals surface area contributed by atoms with Gasteiger partial charge >= 0.3 is 18.7 Å². The van der Waals surface area contributed by atoms with Crippen molar-refractivity contribution in [2.75, 3.05) is 20.8 Å². The normalized spacial score (nSPS) is 18.2. The number of carbonyl (C=O) groups excluding carboxylic acids is 2. The van der Waals surface area contributed by atoms with Gasteiger partial charge in [-0.25, -0.2) is 9.59 Å². The average molecular weight is 559 g/mol. The SMILES string of the molecule is COC(=O)c1ccc([C@H]2C[C@H](OC(F)F)CCN2Cc2c(OC)cc(C)c3c2ccn3C(=O)OC(C)(C)C)cc1. The number of aryl methyl sites for hydroxylation is 1. The first-order chi connectivity index (χ1) is 18.9. The van der Waals surface area contributed by atoms with E-state index in [-0.39, 0.29) is 6.04 Å². The summed E-state index contributed by atoms with van der Waals surface area (Å²) < 4.78 is 48.8. The van der Waals surface area contributed by atoms with Crippen molar-refractivity contribution < 1.29 is 37.3 Å². The molecule has 3 aromatic rings. The Bertz CT molecular complexity index is 1360. The van der Waals surface area contributed by atoms with Crippen molar-refractivity contribution in [3.63, 3.8) is 0 Å². The van der Waals surface area contributed by atoms with Crippen LogP contribution in [0.4, 0.5) is 13.6 Å². The molecule has 1 saturated heterocycles. The summed E-state index contributed by atoms with van der Waals surface area (Å²) >= 11 is 0. The third-order valence-electron chi connectivity index (χ3n) is 7.08. The lowest BCUT2D eigenvalue weighted by Gasteiger charge is -2.40. The molecule has 4 rings (SSSR count). The number of ether oxygens (including phenoxy) is 4. The fourth-order valence-electron chi connectivity index (χ4n) is 5.32. The van der Waals surface area contributed by atoms with Gasteiger partial charge in [-0.3, -0.25) is 9.47 Å². The van der Waals surface area contributed by atoms with Crippen LogP contribution in [0.3, 0.4) is 0 Å². The molecule has 0 unspecified atom stereocenters. The van der Waals surface area contributed by atoms with Gasteiger partial charge in [-0.2, -0.15) is 8.78 Å². The number of nitrogens with zero attached hydrogens (tertiary/aromatic N) is 2. The number of halogens is 2. The largest absolute Gasteiger partial charge is 0.496 e. The monoisotopic (exact) mass is 558 g/mol. The van der Waals surface area contributed by atoms with E-state index in [0.29, 0.717) is 37.2 Å². The summed E-state index contributed by atoms with van der Waals surface area (Å²) in [5.41, 5.74) is 3.06. The minimum atomic E-state index is -2.86. The number of aromatic nitrogens is 1. The van der Waals surface area contributed by atoms with E-state index in [1.54, 1.807) is 25.4 Å². The second kappa shape index (κ2) is 11.9. The van der Waals surface area contributed by atoms with Crippen molar-refractivity contribution in [2.45, 2.75) is 71.4 Å². The van der Waals surface area contributed by atoms with Crippen LogP contribution in [-0.4, -0.2) is 60.6 Å². The van der Waals surface area contributed by atoms with Gasteiger partial charge in [0.2, 0.25) is 0 Å². The number of piperidine rings is 1. The van der Waals surface area contributed by atoms with E-state index in [0.717, 1.165) is 27.6 Å². The molecule has 2 heterocycles. The number of rotatable bonds is 7. The summed E-state index contributed by atoms with van der Waals surface area (Å²) in [5.74, 6) is 0.213. The average Bonchev–Trinajstić information content (AvgIpc) is 3.35. The first-order valence-corrected chi connectivity index (χ1v) is 13.2. The maximum atomic E-state index is 13.1. The molecule has 0 amide bonds. The molecule has 2 atom stereocenters. The number of benzene rings is 2. The Hall–Kier alpha value is -3.50. The van der Waals surface area contributed by atoms with Gasteiger partial charge in [0.15, 0.2) is 0 Å². The van der Waals surface area contributed by atoms with Crippen molar-refractivity contribution in [3.05, 3.63) is 64.8 Å². The Morgan fingerprint density at radius 2 is 1.80 bits per heavy atom. The molecule has 0 radical (unpaired) electrons. The van der Waals surface area contributed by atoms with Crippen molar-refractivity contribution in [2.24, 2.45) is 0 Å². The van der Waals surface area contributed by atoms with Crippen LogP contribution in [-0.2, 0) is 20.8 Å². The lowest BCUT2D eigenvalue weighted by Crippen LogP contribution is -2.40. The lowest BCUT2D eigenvalue weighted by atomic mass is 9.91. The van der Waals surface area contributed by atoms with Gasteiger partial charge in [-0.05, 0) is 75.9 Å². The molecule has 216 valence electrons. The second-order valence-corrected chi connectivity index (χ2v) is 10.9. The van der Waals surface area contributed by atoms with Crippen LogP contribution in [0, 0.1) is 6.92 Å². The first-order valence-electron chi connectivity index (χ1n) is 13.2. The van der Waals surface area contributed by atoms with E-state index in [9.17, 15) is 18.4 Å². The van der Waals surface area contributed by atoms with Gasteiger partial charge in [-0.1, -0.05) is 12.1 Å². The third-order valence-corrected chi connectivity index (χ3v) is 7.08.